The van der Waals surface area contributed by atoms with E-state index < -0.39 is 6.10 Å². The Morgan fingerprint density at radius 3 is 2.50 bits per heavy atom. The Hall–Kier alpha value is -1.35. The fraction of sp³-hybridized carbons (Fsp3) is 0.533. The average Bonchev–Trinajstić information content (AvgIpc) is 2.28. The maximum Gasteiger partial charge on any atom is 0.251 e. The fourth-order valence-electron chi connectivity index (χ4n) is 1.82. The van der Waals surface area contributed by atoms with Crippen LogP contribution in [0.1, 0.15) is 41.8 Å². The first-order valence-electron chi connectivity index (χ1n) is 6.43. The van der Waals surface area contributed by atoms with Gasteiger partial charge in [0.1, 0.15) is 0 Å². The van der Waals surface area contributed by atoms with Gasteiger partial charge < -0.3 is 10.4 Å². The van der Waals surface area contributed by atoms with Crippen LogP contribution in [0.5, 0.6) is 0 Å². The van der Waals surface area contributed by atoms with Gasteiger partial charge in [-0.3, -0.25) is 4.79 Å². The Morgan fingerprint density at radius 2 is 1.94 bits per heavy atom. The first-order chi connectivity index (χ1) is 8.40. The van der Waals surface area contributed by atoms with Crippen molar-refractivity contribution in [3.63, 3.8) is 0 Å². The molecule has 0 aliphatic carbocycles. The van der Waals surface area contributed by atoms with E-state index in [1.165, 1.54) is 5.56 Å². The maximum atomic E-state index is 11.9. The van der Waals surface area contributed by atoms with Crippen molar-refractivity contribution in [1.82, 2.24) is 5.32 Å². The predicted molar refractivity (Wildman–Crippen MR) is 73.7 cm³/mol. The quantitative estimate of drug-likeness (QED) is 0.842. The second kappa shape index (κ2) is 6.55. The minimum atomic E-state index is -0.472. The van der Waals surface area contributed by atoms with Gasteiger partial charge in [-0.2, -0.15) is 0 Å². The molecule has 3 nitrogen and oxygen atoms in total. The Labute approximate surface area is 109 Å². The molecule has 18 heavy (non-hydrogen) atoms. The molecule has 0 saturated heterocycles. The fourth-order valence-corrected chi connectivity index (χ4v) is 1.82. The van der Waals surface area contributed by atoms with Gasteiger partial charge in [0.15, 0.2) is 0 Å². The lowest BCUT2D eigenvalue weighted by Crippen LogP contribution is -2.32. The number of nitrogens with one attached hydrogen (secondary N) is 1. The van der Waals surface area contributed by atoms with E-state index in [1.54, 1.807) is 0 Å². The number of benzene rings is 1. The van der Waals surface area contributed by atoms with Crippen LogP contribution < -0.4 is 5.32 Å². The van der Waals surface area contributed by atoms with Gasteiger partial charge >= 0.3 is 0 Å². The zero-order valence-electron chi connectivity index (χ0n) is 11.7. The number of hydrogen-bond acceptors (Lipinski definition) is 2. The Morgan fingerprint density at radius 1 is 1.28 bits per heavy atom. The van der Waals surface area contributed by atoms with Gasteiger partial charge in [0.2, 0.25) is 0 Å². The number of amides is 1. The zero-order valence-corrected chi connectivity index (χ0v) is 11.7. The minimum absolute atomic E-state index is 0.124. The summed E-state index contributed by atoms with van der Waals surface area (Å²) >= 11 is 0. The van der Waals surface area contributed by atoms with Crippen LogP contribution in [0.4, 0.5) is 0 Å². The van der Waals surface area contributed by atoms with Gasteiger partial charge in [-0.15, -0.1) is 0 Å². The summed E-state index contributed by atoms with van der Waals surface area (Å²) in [5, 5.41) is 12.5. The van der Waals surface area contributed by atoms with Crippen LogP contribution in [-0.2, 0) is 0 Å². The van der Waals surface area contributed by atoms with Gasteiger partial charge in [0.05, 0.1) is 6.10 Å². The smallest absolute Gasteiger partial charge is 0.251 e. The van der Waals surface area contributed by atoms with Gasteiger partial charge in [-0.05, 0) is 49.4 Å². The lowest BCUT2D eigenvalue weighted by molar-refractivity contribution is 0.0900. The molecule has 0 aliphatic heterocycles. The number of hydrogen-bond donors (Lipinski definition) is 2. The van der Waals surface area contributed by atoms with Crippen LogP contribution in [0.2, 0.25) is 0 Å². The van der Waals surface area contributed by atoms with Crippen molar-refractivity contribution in [2.24, 2.45) is 5.92 Å². The maximum absolute atomic E-state index is 11.9. The number of carbonyl (C=O) groups excluding carboxylic acids is 1. The lowest BCUT2D eigenvalue weighted by atomic mass is 10.0. The zero-order chi connectivity index (χ0) is 13.7. The number of aryl methyl sites for hydroxylation is 2. The minimum Gasteiger partial charge on any atom is -0.391 e. The third-order valence-corrected chi connectivity index (χ3v) is 3.01. The van der Waals surface area contributed by atoms with Crippen LogP contribution in [-0.4, -0.2) is 23.7 Å². The highest BCUT2D eigenvalue weighted by molar-refractivity contribution is 5.94. The number of aliphatic hydroxyl groups is 1. The number of aliphatic hydroxyl groups excluding tert-OH is 1. The van der Waals surface area contributed by atoms with Crippen LogP contribution >= 0.6 is 0 Å². The van der Waals surface area contributed by atoms with Crippen molar-refractivity contribution in [3.8, 4) is 0 Å². The predicted octanol–water partition coefficient (Wildman–Crippen LogP) is 2.44. The molecule has 0 radical (unpaired) electrons. The molecule has 0 spiro atoms. The van der Waals surface area contributed by atoms with E-state index in [-0.39, 0.29) is 5.91 Å². The average molecular weight is 249 g/mol. The third kappa shape index (κ3) is 4.49. The molecule has 0 heterocycles. The third-order valence-electron chi connectivity index (χ3n) is 3.01. The van der Waals surface area contributed by atoms with Gasteiger partial charge in [-0.25, -0.2) is 0 Å². The largest absolute Gasteiger partial charge is 0.391 e. The van der Waals surface area contributed by atoms with Crippen molar-refractivity contribution in [2.45, 2.75) is 40.2 Å². The summed E-state index contributed by atoms with van der Waals surface area (Å²) < 4.78 is 0. The SMILES string of the molecule is Cc1ccc(C(=O)NCC(O)CC(C)C)cc1C. The van der Waals surface area contributed by atoms with E-state index in [1.807, 2.05) is 45.9 Å². The molecular formula is C15H23NO2. The standard InChI is InChI=1S/C15H23NO2/c1-10(2)7-14(17)9-16-15(18)13-6-5-11(3)12(4)8-13/h5-6,8,10,14,17H,7,9H2,1-4H3,(H,16,18). The molecule has 0 bridgehead atoms. The Kier molecular flexibility index (Phi) is 5.35. The normalized spacial score (nSPS) is 12.6. The second-order valence-corrected chi connectivity index (χ2v) is 5.29. The monoisotopic (exact) mass is 249 g/mol. The van der Waals surface area contributed by atoms with Crippen molar-refractivity contribution >= 4 is 5.91 Å². The summed E-state index contributed by atoms with van der Waals surface area (Å²) in [6, 6.07) is 5.63. The molecule has 0 saturated carbocycles. The Bertz CT molecular complexity index is 413. The van der Waals surface area contributed by atoms with Crippen molar-refractivity contribution in [1.29, 1.82) is 0 Å². The molecule has 0 fully saturated rings. The van der Waals surface area contributed by atoms with E-state index in [2.05, 4.69) is 5.32 Å². The summed E-state index contributed by atoms with van der Waals surface area (Å²) in [6.07, 6.45) is 0.230. The first-order valence-corrected chi connectivity index (χ1v) is 6.43. The van der Waals surface area contributed by atoms with E-state index in [9.17, 15) is 9.90 Å². The summed E-state index contributed by atoms with van der Waals surface area (Å²) in [5.74, 6) is 0.305. The first kappa shape index (κ1) is 14.7. The molecule has 1 atom stereocenters. The highest BCUT2D eigenvalue weighted by Gasteiger charge is 2.10. The molecule has 1 aromatic carbocycles. The summed E-state index contributed by atoms with van der Waals surface area (Å²) in [4.78, 5) is 11.9. The van der Waals surface area contributed by atoms with Gasteiger partial charge in [-0.1, -0.05) is 19.9 Å². The molecular weight excluding hydrogens is 226 g/mol. The van der Waals surface area contributed by atoms with Gasteiger partial charge in [0.25, 0.3) is 5.91 Å². The van der Waals surface area contributed by atoms with Crippen LogP contribution in [0.3, 0.4) is 0 Å². The van der Waals surface area contributed by atoms with E-state index in [0.29, 0.717) is 24.4 Å². The molecule has 0 aromatic heterocycles. The highest BCUT2D eigenvalue weighted by Crippen LogP contribution is 2.10. The molecule has 3 heteroatoms. The van der Waals surface area contributed by atoms with E-state index >= 15 is 0 Å². The van der Waals surface area contributed by atoms with Crippen LogP contribution in [0.15, 0.2) is 18.2 Å². The van der Waals surface area contributed by atoms with Gasteiger partial charge in [0, 0.05) is 12.1 Å². The molecule has 2 N–H and O–H groups in total. The van der Waals surface area contributed by atoms with Crippen LogP contribution in [0.25, 0.3) is 0 Å². The topological polar surface area (TPSA) is 49.3 Å². The molecule has 1 aromatic rings. The number of rotatable bonds is 5. The molecule has 100 valence electrons. The molecule has 1 amide bonds. The van der Waals surface area contributed by atoms with Crippen molar-refractivity contribution < 1.29 is 9.90 Å². The number of carbonyl (C=O) groups is 1. The molecule has 1 rings (SSSR count). The van der Waals surface area contributed by atoms with Crippen molar-refractivity contribution in [2.75, 3.05) is 6.54 Å². The van der Waals surface area contributed by atoms with E-state index in [0.717, 1.165) is 5.56 Å². The molecule has 0 aliphatic rings. The summed E-state index contributed by atoms with van der Waals surface area (Å²) in [6.45, 7) is 8.41. The van der Waals surface area contributed by atoms with Crippen molar-refractivity contribution in [3.05, 3.63) is 34.9 Å². The summed E-state index contributed by atoms with van der Waals surface area (Å²) in [5.41, 5.74) is 2.92. The second-order valence-electron chi connectivity index (χ2n) is 5.29. The van der Waals surface area contributed by atoms with E-state index in [4.69, 9.17) is 0 Å². The Balaban J connectivity index is 2.52. The summed E-state index contributed by atoms with van der Waals surface area (Å²) in [7, 11) is 0. The highest BCUT2D eigenvalue weighted by atomic mass is 16.3. The molecule has 1 unspecified atom stereocenters. The van der Waals surface area contributed by atoms with Crippen LogP contribution in [0, 0.1) is 19.8 Å². The lowest BCUT2D eigenvalue weighted by Gasteiger charge is -2.14.